The van der Waals surface area contributed by atoms with Gasteiger partial charge in [-0.2, -0.15) is 0 Å². The molecule has 28 heavy (non-hydrogen) atoms. The SMILES string of the molecule is COc1cc(CC(=O)N2CCN(CC(=O)NC(C)C)CC2)cc(OC)c1OC. The molecule has 0 radical (unpaired) electrons. The molecule has 1 aliphatic rings. The summed E-state index contributed by atoms with van der Waals surface area (Å²) in [5.41, 5.74) is 0.804. The first-order valence-electron chi connectivity index (χ1n) is 9.46. The van der Waals surface area contributed by atoms with E-state index >= 15 is 0 Å². The number of nitrogens with one attached hydrogen (secondary N) is 1. The largest absolute Gasteiger partial charge is 0.493 e. The van der Waals surface area contributed by atoms with Gasteiger partial charge in [-0.1, -0.05) is 0 Å². The van der Waals surface area contributed by atoms with Crippen LogP contribution in [0.2, 0.25) is 0 Å². The third kappa shape index (κ3) is 5.76. The molecule has 1 aromatic rings. The van der Waals surface area contributed by atoms with Gasteiger partial charge >= 0.3 is 0 Å². The second-order valence-electron chi connectivity index (χ2n) is 7.09. The van der Waals surface area contributed by atoms with Crippen molar-refractivity contribution in [2.45, 2.75) is 26.3 Å². The topological polar surface area (TPSA) is 80.3 Å². The molecule has 1 heterocycles. The van der Waals surface area contributed by atoms with Crippen LogP contribution in [0.5, 0.6) is 17.2 Å². The molecule has 0 atom stereocenters. The van der Waals surface area contributed by atoms with Gasteiger partial charge in [0.15, 0.2) is 11.5 Å². The Labute approximate surface area is 166 Å². The summed E-state index contributed by atoms with van der Waals surface area (Å²) in [6.07, 6.45) is 0.255. The third-order valence-corrected chi connectivity index (χ3v) is 4.62. The molecule has 8 nitrogen and oxygen atoms in total. The molecule has 2 amide bonds. The normalized spacial score (nSPS) is 14.7. The number of piperazine rings is 1. The highest BCUT2D eigenvalue weighted by Gasteiger charge is 2.23. The van der Waals surface area contributed by atoms with Crippen LogP contribution in [0.3, 0.4) is 0 Å². The molecule has 0 saturated carbocycles. The average molecular weight is 393 g/mol. The lowest BCUT2D eigenvalue weighted by Crippen LogP contribution is -2.51. The van der Waals surface area contributed by atoms with Gasteiger partial charge in [0.1, 0.15) is 0 Å². The molecule has 2 rings (SSSR count). The van der Waals surface area contributed by atoms with Crippen LogP contribution in [0.15, 0.2) is 12.1 Å². The molecule has 1 fully saturated rings. The fourth-order valence-corrected chi connectivity index (χ4v) is 3.25. The van der Waals surface area contributed by atoms with Crippen molar-refractivity contribution in [2.24, 2.45) is 0 Å². The average Bonchev–Trinajstić information content (AvgIpc) is 2.66. The number of nitrogens with zero attached hydrogens (tertiary/aromatic N) is 2. The highest BCUT2D eigenvalue weighted by Crippen LogP contribution is 2.38. The maximum atomic E-state index is 12.7. The number of amides is 2. The van der Waals surface area contributed by atoms with Gasteiger partial charge in [-0.3, -0.25) is 14.5 Å². The van der Waals surface area contributed by atoms with Crippen LogP contribution < -0.4 is 19.5 Å². The molecule has 1 aromatic carbocycles. The zero-order valence-electron chi connectivity index (χ0n) is 17.4. The number of hydrogen-bond donors (Lipinski definition) is 1. The van der Waals surface area contributed by atoms with Gasteiger partial charge in [0, 0.05) is 32.2 Å². The molecule has 1 saturated heterocycles. The van der Waals surface area contributed by atoms with Gasteiger partial charge in [0.05, 0.1) is 34.3 Å². The molecular weight excluding hydrogens is 362 g/mol. The highest BCUT2D eigenvalue weighted by molar-refractivity contribution is 5.80. The van der Waals surface area contributed by atoms with E-state index in [-0.39, 0.29) is 24.3 Å². The molecule has 1 aliphatic heterocycles. The first-order valence-corrected chi connectivity index (χ1v) is 9.46. The molecule has 0 bridgehead atoms. The summed E-state index contributed by atoms with van der Waals surface area (Å²) < 4.78 is 16.0. The molecule has 0 unspecified atom stereocenters. The summed E-state index contributed by atoms with van der Waals surface area (Å²) in [6, 6.07) is 3.73. The summed E-state index contributed by atoms with van der Waals surface area (Å²) in [4.78, 5) is 28.5. The molecule has 1 N–H and O–H groups in total. The lowest BCUT2D eigenvalue weighted by atomic mass is 10.1. The Morgan fingerprint density at radius 1 is 1.00 bits per heavy atom. The Kier molecular flexibility index (Phi) is 7.92. The Bertz CT molecular complexity index is 659. The summed E-state index contributed by atoms with van der Waals surface area (Å²) in [5.74, 6) is 1.64. The Morgan fingerprint density at radius 3 is 2.04 bits per heavy atom. The van der Waals surface area contributed by atoms with Gasteiger partial charge < -0.3 is 24.4 Å². The third-order valence-electron chi connectivity index (χ3n) is 4.62. The Hall–Kier alpha value is -2.48. The molecule has 0 aliphatic carbocycles. The standard InChI is InChI=1S/C20H31N3O5/c1-14(2)21-18(24)13-22-6-8-23(9-7-22)19(25)12-15-10-16(26-3)20(28-5)17(11-15)27-4/h10-11,14H,6-9,12-13H2,1-5H3,(H,21,24). The van der Waals surface area contributed by atoms with E-state index in [9.17, 15) is 9.59 Å². The van der Waals surface area contributed by atoms with Crippen molar-refractivity contribution in [3.63, 3.8) is 0 Å². The first kappa shape index (κ1) is 21.8. The van der Waals surface area contributed by atoms with Crippen LogP contribution in [0.1, 0.15) is 19.4 Å². The fourth-order valence-electron chi connectivity index (χ4n) is 3.25. The zero-order valence-corrected chi connectivity index (χ0v) is 17.4. The number of hydrogen-bond acceptors (Lipinski definition) is 6. The highest BCUT2D eigenvalue weighted by atomic mass is 16.5. The monoisotopic (exact) mass is 393 g/mol. The van der Waals surface area contributed by atoms with Gasteiger partial charge in [-0.15, -0.1) is 0 Å². The minimum absolute atomic E-state index is 0.0206. The number of rotatable bonds is 8. The Balaban J connectivity index is 1.93. The van der Waals surface area contributed by atoms with Crippen LogP contribution in [0.4, 0.5) is 0 Å². The van der Waals surface area contributed by atoms with E-state index in [1.807, 2.05) is 18.7 Å². The van der Waals surface area contributed by atoms with Crippen molar-refractivity contribution >= 4 is 11.8 Å². The van der Waals surface area contributed by atoms with Crippen molar-refractivity contribution in [1.82, 2.24) is 15.1 Å². The number of benzene rings is 1. The van der Waals surface area contributed by atoms with E-state index in [4.69, 9.17) is 14.2 Å². The van der Waals surface area contributed by atoms with Crippen molar-refractivity contribution in [3.05, 3.63) is 17.7 Å². The van der Waals surface area contributed by atoms with E-state index < -0.39 is 0 Å². The molecule has 156 valence electrons. The maximum Gasteiger partial charge on any atom is 0.234 e. The lowest BCUT2D eigenvalue weighted by molar-refractivity contribution is -0.132. The number of carbonyl (C=O) groups is 2. The predicted molar refractivity (Wildman–Crippen MR) is 106 cm³/mol. The molecule has 0 spiro atoms. The van der Waals surface area contributed by atoms with Gasteiger partial charge in [0.25, 0.3) is 0 Å². The minimum atomic E-state index is 0.0206. The van der Waals surface area contributed by atoms with Crippen LogP contribution >= 0.6 is 0 Å². The summed E-state index contributed by atoms with van der Waals surface area (Å²) in [5, 5.41) is 2.89. The van der Waals surface area contributed by atoms with E-state index in [2.05, 4.69) is 10.2 Å². The van der Waals surface area contributed by atoms with Crippen molar-refractivity contribution in [3.8, 4) is 17.2 Å². The number of methoxy groups -OCH3 is 3. The smallest absolute Gasteiger partial charge is 0.234 e. The van der Waals surface area contributed by atoms with Crippen LogP contribution in [-0.2, 0) is 16.0 Å². The quantitative estimate of drug-likeness (QED) is 0.708. The lowest BCUT2D eigenvalue weighted by Gasteiger charge is -2.34. The second kappa shape index (κ2) is 10.2. The second-order valence-corrected chi connectivity index (χ2v) is 7.09. The first-order chi connectivity index (χ1) is 13.4. The molecular formula is C20H31N3O5. The van der Waals surface area contributed by atoms with Crippen LogP contribution in [0, 0.1) is 0 Å². The van der Waals surface area contributed by atoms with E-state index in [0.717, 1.165) is 5.56 Å². The minimum Gasteiger partial charge on any atom is -0.493 e. The predicted octanol–water partition coefficient (Wildman–Crippen LogP) is 0.924. The summed E-state index contributed by atoms with van der Waals surface area (Å²) in [6.45, 7) is 6.85. The van der Waals surface area contributed by atoms with Gasteiger partial charge in [-0.25, -0.2) is 0 Å². The van der Waals surface area contributed by atoms with Gasteiger partial charge in [0.2, 0.25) is 17.6 Å². The fraction of sp³-hybridized carbons (Fsp3) is 0.600. The van der Waals surface area contributed by atoms with Crippen LogP contribution in [-0.4, -0.2) is 81.7 Å². The number of ether oxygens (including phenoxy) is 3. The van der Waals surface area contributed by atoms with Gasteiger partial charge in [-0.05, 0) is 31.5 Å². The maximum absolute atomic E-state index is 12.7. The van der Waals surface area contributed by atoms with E-state index in [1.165, 1.54) is 0 Å². The van der Waals surface area contributed by atoms with Crippen molar-refractivity contribution < 1.29 is 23.8 Å². The zero-order chi connectivity index (χ0) is 20.7. The molecule has 0 aromatic heterocycles. The summed E-state index contributed by atoms with van der Waals surface area (Å²) in [7, 11) is 4.65. The van der Waals surface area contributed by atoms with Crippen LogP contribution in [0.25, 0.3) is 0 Å². The Morgan fingerprint density at radius 2 is 1.57 bits per heavy atom. The van der Waals surface area contributed by atoms with Crippen molar-refractivity contribution in [1.29, 1.82) is 0 Å². The summed E-state index contributed by atoms with van der Waals surface area (Å²) >= 11 is 0. The van der Waals surface area contributed by atoms with E-state index in [0.29, 0.717) is 50.0 Å². The molecule has 8 heteroatoms. The van der Waals surface area contributed by atoms with Crippen molar-refractivity contribution in [2.75, 3.05) is 54.1 Å². The van der Waals surface area contributed by atoms with E-state index in [1.54, 1.807) is 33.5 Å². The number of carbonyl (C=O) groups excluding carboxylic acids is 2.